The summed E-state index contributed by atoms with van der Waals surface area (Å²) in [4.78, 5) is 22.6. The fourth-order valence-electron chi connectivity index (χ4n) is 2.27. The first-order chi connectivity index (χ1) is 11.6. The lowest BCUT2D eigenvalue weighted by Crippen LogP contribution is -2.16. The number of benzene rings is 1. The van der Waals surface area contributed by atoms with Crippen molar-refractivity contribution >= 4 is 17.7 Å². The average Bonchev–Trinajstić information content (AvgIpc) is 2.92. The number of halogens is 3. The van der Waals surface area contributed by atoms with Crippen LogP contribution in [0.1, 0.15) is 30.4 Å². The molecule has 6 nitrogen and oxygen atoms in total. The first kappa shape index (κ1) is 18.5. The van der Waals surface area contributed by atoms with Crippen molar-refractivity contribution in [1.82, 2.24) is 9.78 Å². The Kier molecular flexibility index (Phi) is 5.45. The average molecular weight is 355 g/mol. The third-order valence-electron chi connectivity index (χ3n) is 3.48. The number of aromatic nitrogens is 2. The summed E-state index contributed by atoms with van der Waals surface area (Å²) in [6.45, 7) is 1.31. The number of alkyl halides is 3. The van der Waals surface area contributed by atoms with Gasteiger partial charge in [-0.3, -0.25) is 14.3 Å². The molecule has 0 fully saturated rings. The molecule has 0 radical (unpaired) electrons. The van der Waals surface area contributed by atoms with Crippen molar-refractivity contribution in [2.75, 3.05) is 5.32 Å². The van der Waals surface area contributed by atoms with Gasteiger partial charge in [0.05, 0.1) is 5.56 Å². The van der Waals surface area contributed by atoms with Gasteiger partial charge >= 0.3 is 12.1 Å². The SMILES string of the molecule is CC(CC(=O)Nc1ccn(CC(=O)O)n1)c1cccc(C(F)(F)F)c1. The molecule has 0 aliphatic heterocycles. The molecule has 1 unspecified atom stereocenters. The van der Waals surface area contributed by atoms with E-state index in [2.05, 4.69) is 10.4 Å². The molecule has 0 aliphatic carbocycles. The molecule has 2 aromatic rings. The molecule has 0 saturated carbocycles. The maximum atomic E-state index is 12.7. The Balaban J connectivity index is 1.98. The number of hydrogen-bond donors (Lipinski definition) is 2. The Morgan fingerprint density at radius 3 is 2.68 bits per heavy atom. The number of anilines is 1. The fourth-order valence-corrected chi connectivity index (χ4v) is 2.27. The highest BCUT2D eigenvalue weighted by molar-refractivity contribution is 5.90. The zero-order chi connectivity index (χ0) is 18.6. The van der Waals surface area contributed by atoms with E-state index in [4.69, 9.17) is 5.11 Å². The van der Waals surface area contributed by atoms with Crippen molar-refractivity contribution in [1.29, 1.82) is 0 Å². The zero-order valence-electron chi connectivity index (χ0n) is 13.2. The molecule has 1 aromatic carbocycles. The smallest absolute Gasteiger partial charge is 0.416 e. The minimum Gasteiger partial charge on any atom is -0.480 e. The largest absolute Gasteiger partial charge is 0.480 e. The summed E-state index contributed by atoms with van der Waals surface area (Å²) in [5.41, 5.74) is -0.356. The van der Waals surface area contributed by atoms with E-state index in [0.717, 1.165) is 16.8 Å². The van der Waals surface area contributed by atoms with Crippen LogP contribution in [0.5, 0.6) is 0 Å². The number of carboxylic acids is 1. The predicted molar refractivity (Wildman–Crippen MR) is 83.0 cm³/mol. The highest BCUT2D eigenvalue weighted by atomic mass is 19.4. The molecule has 9 heteroatoms. The van der Waals surface area contributed by atoms with Crippen LogP contribution in [0.2, 0.25) is 0 Å². The number of carboxylic acid groups (broad SMARTS) is 1. The van der Waals surface area contributed by atoms with Gasteiger partial charge in [0.2, 0.25) is 5.91 Å². The van der Waals surface area contributed by atoms with Crippen LogP contribution in [-0.4, -0.2) is 26.8 Å². The van der Waals surface area contributed by atoms with Gasteiger partial charge in [0.15, 0.2) is 5.82 Å². The summed E-state index contributed by atoms with van der Waals surface area (Å²) in [6.07, 6.45) is -3.07. The number of carbonyl (C=O) groups excluding carboxylic acids is 1. The second-order valence-corrected chi connectivity index (χ2v) is 5.57. The van der Waals surface area contributed by atoms with Gasteiger partial charge in [-0.25, -0.2) is 0 Å². The molecule has 2 N–H and O–H groups in total. The van der Waals surface area contributed by atoms with Crippen LogP contribution in [0.3, 0.4) is 0 Å². The maximum absolute atomic E-state index is 12.7. The van der Waals surface area contributed by atoms with Crippen LogP contribution in [-0.2, 0) is 22.3 Å². The van der Waals surface area contributed by atoms with Gasteiger partial charge in [-0.15, -0.1) is 0 Å². The van der Waals surface area contributed by atoms with Gasteiger partial charge in [0.25, 0.3) is 0 Å². The Morgan fingerprint density at radius 2 is 2.04 bits per heavy atom. The predicted octanol–water partition coefficient (Wildman–Crippen LogP) is 3.12. The highest BCUT2D eigenvalue weighted by Crippen LogP contribution is 2.31. The number of nitrogens with one attached hydrogen (secondary N) is 1. The summed E-state index contributed by atoms with van der Waals surface area (Å²) < 4.78 is 39.4. The Hall–Kier alpha value is -2.84. The molecule has 0 spiro atoms. The Labute approximate surface area is 141 Å². The summed E-state index contributed by atoms with van der Waals surface area (Å²) in [7, 11) is 0. The van der Waals surface area contributed by atoms with E-state index < -0.39 is 29.5 Å². The fraction of sp³-hybridized carbons (Fsp3) is 0.312. The minimum absolute atomic E-state index is 0.0346. The summed E-state index contributed by atoms with van der Waals surface area (Å²) >= 11 is 0. The number of amides is 1. The third kappa shape index (κ3) is 5.33. The van der Waals surface area contributed by atoms with Crippen molar-refractivity contribution in [3.05, 3.63) is 47.7 Å². The molecule has 1 aromatic heterocycles. The van der Waals surface area contributed by atoms with Gasteiger partial charge in [-0.05, 0) is 17.5 Å². The first-order valence-electron chi connectivity index (χ1n) is 7.37. The van der Waals surface area contributed by atoms with Crippen molar-refractivity contribution in [3.8, 4) is 0 Å². The van der Waals surface area contributed by atoms with E-state index in [-0.39, 0.29) is 18.8 Å². The van der Waals surface area contributed by atoms with E-state index >= 15 is 0 Å². The summed E-state index contributed by atoms with van der Waals surface area (Å²) in [6, 6.07) is 6.29. The second-order valence-electron chi connectivity index (χ2n) is 5.57. The topological polar surface area (TPSA) is 84.2 Å². The van der Waals surface area contributed by atoms with E-state index in [0.29, 0.717) is 5.56 Å². The van der Waals surface area contributed by atoms with Crippen LogP contribution < -0.4 is 5.32 Å². The minimum atomic E-state index is -4.44. The molecule has 0 saturated heterocycles. The van der Waals surface area contributed by atoms with E-state index in [1.165, 1.54) is 24.4 Å². The van der Waals surface area contributed by atoms with E-state index in [1.54, 1.807) is 6.92 Å². The van der Waals surface area contributed by atoms with Gasteiger partial charge in [-0.2, -0.15) is 18.3 Å². The van der Waals surface area contributed by atoms with Crippen molar-refractivity contribution in [2.45, 2.75) is 32.0 Å². The lowest BCUT2D eigenvalue weighted by Gasteiger charge is -2.14. The zero-order valence-corrected chi connectivity index (χ0v) is 13.2. The summed E-state index contributed by atoms with van der Waals surface area (Å²) in [5, 5.41) is 15.0. The molecule has 134 valence electrons. The maximum Gasteiger partial charge on any atom is 0.416 e. The van der Waals surface area contributed by atoms with Gasteiger partial charge < -0.3 is 10.4 Å². The summed E-state index contributed by atoms with van der Waals surface area (Å²) in [5.74, 6) is -1.74. The molecule has 1 amide bonds. The third-order valence-corrected chi connectivity index (χ3v) is 3.48. The molecule has 0 aliphatic rings. The van der Waals surface area contributed by atoms with Crippen LogP contribution >= 0.6 is 0 Å². The number of rotatable bonds is 6. The van der Waals surface area contributed by atoms with Crippen LogP contribution in [0.15, 0.2) is 36.5 Å². The number of aliphatic carboxylic acids is 1. The highest BCUT2D eigenvalue weighted by Gasteiger charge is 2.30. The molecular formula is C16H16F3N3O3. The normalized spacial score (nSPS) is 12.6. The molecular weight excluding hydrogens is 339 g/mol. The number of hydrogen-bond acceptors (Lipinski definition) is 3. The number of nitrogens with zero attached hydrogens (tertiary/aromatic N) is 2. The van der Waals surface area contributed by atoms with Crippen LogP contribution in [0.4, 0.5) is 19.0 Å². The molecule has 0 bridgehead atoms. The van der Waals surface area contributed by atoms with Gasteiger partial charge in [-0.1, -0.05) is 25.1 Å². The van der Waals surface area contributed by atoms with Crippen LogP contribution in [0, 0.1) is 0 Å². The lowest BCUT2D eigenvalue weighted by atomic mass is 9.95. The van der Waals surface area contributed by atoms with Gasteiger partial charge in [0, 0.05) is 18.7 Å². The lowest BCUT2D eigenvalue weighted by molar-refractivity contribution is -0.138. The van der Waals surface area contributed by atoms with Crippen molar-refractivity contribution < 1.29 is 27.9 Å². The molecule has 1 atom stereocenters. The molecule has 2 rings (SSSR count). The quantitative estimate of drug-likeness (QED) is 0.834. The number of carbonyl (C=O) groups is 2. The van der Waals surface area contributed by atoms with E-state index in [1.807, 2.05) is 0 Å². The second kappa shape index (κ2) is 7.37. The standard InChI is InChI=1S/C16H16F3N3O3/c1-10(11-3-2-4-12(8-11)16(17,18)19)7-14(23)20-13-5-6-22(21-13)9-15(24)25/h2-6,8,10H,7,9H2,1H3,(H,24,25)(H,20,21,23). The van der Waals surface area contributed by atoms with Crippen LogP contribution in [0.25, 0.3) is 0 Å². The molecule has 25 heavy (non-hydrogen) atoms. The first-order valence-corrected chi connectivity index (χ1v) is 7.37. The van der Waals surface area contributed by atoms with Crippen molar-refractivity contribution in [3.63, 3.8) is 0 Å². The van der Waals surface area contributed by atoms with E-state index in [9.17, 15) is 22.8 Å². The molecule has 1 heterocycles. The van der Waals surface area contributed by atoms with Crippen molar-refractivity contribution in [2.24, 2.45) is 0 Å². The Morgan fingerprint density at radius 1 is 1.32 bits per heavy atom. The Bertz CT molecular complexity index is 771. The monoisotopic (exact) mass is 355 g/mol. The van der Waals surface area contributed by atoms with Gasteiger partial charge in [0.1, 0.15) is 6.54 Å².